The van der Waals surface area contributed by atoms with E-state index in [0.29, 0.717) is 25.2 Å². The van der Waals surface area contributed by atoms with Crippen LogP contribution in [0.4, 0.5) is 0 Å². The number of halogens is 1. The SMILES string of the molecule is O=C1Cc2cc(Cl)c(S(=O)(=O)N3[C@@H]4CC[C@H]3CC(NC(=O)c3cc(C5CC5)on3)C4)cc2C1. The summed E-state index contributed by atoms with van der Waals surface area (Å²) < 4.78 is 34.1. The van der Waals surface area contributed by atoms with Gasteiger partial charge in [0.1, 0.15) is 16.4 Å². The molecule has 1 amide bonds. The van der Waals surface area contributed by atoms with Gasteiger partial charge in [-0.2, -0.15) is 4.31 Å². The molecule has 1 aromatic heterocycles. The monoisotopic (exact) mass is 489 g/mol. The molecule has 10 heteroatoms. The smallest absolute Gasteiger partial charge is 0.273 e. The van der Waals surface area contributed by atoms with Gasteiger partial charge in [-0.25, -0.2) is 8.42 Å². The number of nitrogens with zero attached hydrogens (tertiary/aromatic N) is 2. The largest absolute Gasteiger partial charge is 0.360 e. The molecule has 2 saturated heterocycles. The Morgan fingerprint density at radius 3 is 2.39 bits per heavy atom. The molecule has 2 bridgehead atoms. The number of rotatable bonds is 5. The number of fused-ring (bicyclic) bond motifs is 3. The van der Waals surface area contributed by atoms with Gasteiger partial charge in [-0.15, -0.1) is 0 Å². The molecular weight excluding hydrogens is 466 g/mol. The quantitative estimate of drug-likeness (QED) is 0.691. The Labute approximate surface area is 196 Å². The van der Waals surface area contributed by atoms with Crippen molar-refractivity contribution in [1.29, 1.82) is 0 Å². The first-order valence-electron chi connectivity index (χ1n) is 11.4. The van der Waals surface area contributed by atoms with Crippen molar-refractivity contribution in [1.82, 2.24) is 14.8 Å². The Bertz CT molecular complexity index is 1250. The van der Waals surface area contributed by atoms with Gasteiger partial charge in [0.25, 0.3) is 5.91 Å². The van der Waals surface area contributed by atoms with Gasteiger partial charge in [0.05, 0.1) is 5.02 Å². The first-order chi connectivity index (χ1) is 15.8. The third-order valence-electron chi connectivity index (χ3n) is 7.33. The van der Waals surface area contributed by atoms with Crippen molar-refractivity contribution in [3.05, 3.63) is 45.8 Å². The molecule has 1 unspecified atom stereocenters. The molecule has 4 aliphatic rings. The highest BCUT2D eigenvalue weighted by molar-refractivity contribution is 7.89. The molecule has 3 atom stereocenters. The Hall–Kier alpha value is -2.23. The molecule has 2 aliphatic heterocycles. The van der Waals surface area contributed by atoms with Crippen LogP contribution in [0.3, 0.4) is 0 Å². The standard InChI is InChI=1S/C23H24ClN3O5S/c24-19-7-13-5-18(28)6-14(13)8-22(19)33(30,31)27-16-3-4-17(27)10-15(9-16)25-23(29)20-11-21(32-26-20)12-1-2-12/h7-8,11-12,15-17H,1-6,9-10H2,(H,25,29)/t15?,16-,17+. The number of aromatic nitrogens is 1. The normalized spacial score (nSPS) is 27.1. The predicted octanol–water partition coefficient (Wildman–Crippen LogP) is 2.99. The van der Waals surface area contributed by atoms with Gasteiger partial charge in [0.2, 0.25) is 10.0 Å². The predicted molar refractivity (Wildman–Crippen MR) is 119 cm³/mol. The summed E-state index contributed by atoms with van der Waals surface area (Å²) in [4.78, 5) is 24.6. The molecule has 6 rings (SSSR count). The Morgan fingerprint density at radius 2 is 1.73 bits per heavy atom. The van der Waals surface area contributed by atoms with E-state index in [1.165, 1.54) is 0 Å². The summed E-state index contributed by atoms with van der Waals surface area (Å²) in [6.45, 7) is 0. The number of ketones is 1. The molecule has 0 spiro atoms. The second kappa shape index (κ2) is 7.65. The number of piperidine rings is 1. The molecule has 3 heterocycles. The van der Waals surface area contributed by atoms with Gasteiger partial charge in [0.15, 0.2) is 5.69 Å². The highest BCUT2D eigenvalue weighted by atomic mass is 35.5. The van der Waals surface area contributed by atoms with E-state index in [-0.39, 0.29) is 51.8 Å². The number of hydrogen-bond donors (Lipinski definition) is 1. The molecule has 1 N–H and O–H groups in total. The maximum atomic E-state index is 13.6. The summed E-state index contributed by atoms with van der Waals surface area (Å²) in [6, 6.07) is 4.37. The zero-order chi connectivity index (χ0) is 22.9. The fourth-order valence-corrected chi connectivity index (χ4v) is 8.09. The van der Waals surface area contributed by atoms with Crippen LogP contribution in [0.5, 0.6) is 0 Å². The third kappa shape index (κ3) is 3.70. The van der Waals surface area contributed by atoms with Crippen LogP contribution < -0.4 is 5.32 Å². The van der Waals surface area contributed by atoms with E-state index >= 15 is 0 Å². The van der Waals surface area contributed by atoms with Gasteiger partial charge in [0, 0.05) is 43.0 Å². The lowest BCUT2D eigenvalue weighted by atomic mass is 9.99. The number of sulfonamides is 1. The minimum Gasteiger partial charge on any atom is -0.360 e. The summed E-state index contributed by atoms with van der Waals surface area (Å²) in [5.41, 5.74) is 1.83. The molecule has 3 fully saturated rings. The average molecular weight is 490 g/mol. The molecule has 1 saturated carbocycles. The van der Waals surface area contributed by atoms with Gasteiger partial charge in [-0.3, -0.25) is 9.59 Å². The third-order valence-corrected chi connectivity index (χ3v) is 9.80. The number of benzene rings is 1. The van der Waals surface area contributed by atoms with Gasteiger partial charge in [-0.05, 0) is 61.8 Å². The zero-order valence-electron chi connectivity index (χ0n) is 17.9. The van der Waals surface area contributed by atoms with E-state index in [1.54, 1.807) is 22.5 Å². The molecule has 0 radical (unpaired) electrons. The van der Waals surface area contributed by atoms with E-state index in [4.69, 9.17) is 16.1 Å². The van der Waals surface area contributed by atoms with Crippen LogP contribution in [-0.2, 0) is 27.7 Å². The average Bonchev–Trinajstić information content (AvgIpc) is 3.25. The van der Waals surface area contributed by atoms with Gasteiger partial charge < -0.3 is 9.84 Å². The molecule has 174 valence electrons. The van der Waals surface area contributed by atoms with E-state index in [1.807, 2.05) is 0 Å². The van der Waals surface area contributed by atoms with Crippen molar-refractivity contribution in [3.8, 4) is 0 Å². The molecule has 33 heavy (non-hydrogen) atoms. The molecule has 2 aliphatic carbocycles. The summed E-state index contributed by atoms with van der Waals surface area (Å²) in [5, 5.41) is 7.09. The van der Waals surface area contributed by atoms with Crippen molar-refractivity contribution < 1.29 is 22.5 Å². The van der Waals surface area contributed by atoms with E-state index in [0.717, 1.165) is 42.6 Å². The summed E-state index contributed by atoms with van der Waals surface area (Å²) in [6.07, 6.45) is 5.25. The van der Waals surface area contributed by atoms with Crippen molar-refractivity contribution >= 4 is 33.3 Å². The fourth-order valence-electron chi connectivity index (χ4n) is 5.62. The van der Waals surface area contributed by atoms with E-state index in [2.05, 4.69) is 10.5 Å². The van der Waals surface area contributed by atoms with E-state index in [9.17, 15) is 18.0 Å². The molecule has 1 aromatic carbocycles. The minimum atomic E-state index is -3.82. The summed E-state index contributed by atoms with van der Waals surface area (Å²) >= 11 is 6.38. The number of carbonyl (C=O) groups excluding carboxylic acids is 2. The van der Waals surface area contributed by atoms with Gasteiger partial charge >= 0.3 is 0 Å². The number of carbonyl (C=O) groups is 2. The summed E-state index contributed by atoms with van der Waals surface area (Å²) in [7, 11) is -3.82. The zero-order valence-corrected chi connectivity index (χ0v) is 19.5. The van der Waals surface area contributed by atoms with Crippen LogP contribution in [0.15, 0.2) is 27.6 Å². The maximum Gasteiger partial charge on any atom is 0.273 e. The first-order valence-corrected chi connectivity index (χ1v) is 13.3. The first kappa shape index (κ1) is 21.3. The van der Waals surface area contributed by atoms with Crippen LogP contribution >= 0.6 is 11.6 Å². The van der Waals surface area contributed by atoms with Crippen LogP contribution in [0, 0.1) is 0 Å². The molecular formula is C23H24ClN3O5S. The van der Waals surface area contributed by atoms with Gasteiger partial charge in [-0.1, -0.05) is 16.8 Å². The highest BCUT2D eigenvalue weighted by Gasteiger charge is 2.48. The van der Waals surface area contributed by atoms with Crippen LogP contribution in [-0.4, -0.2) is 47.7 Å². The van der Waals surface area contributed by atoms with Crippen molar-refractivity contribution in [3.63, 3.8) is 0 Å². The number of nitrogens with one attached hydrogen (secondary N) is 1. The summed E-state index contributed by atoms with van der Waals surface area (Å²) in [5.74, 6) is 0.933. The number of amides is 1. The number of Topliss-reactive ketones (excluding diaryl/α,β-unsaturated/α-hetero) is 1. The lowest BCUT2D eigenvalue weighted by molar-refractivity contribution is -0.117. The topological polar surface area (TPSA) is 110 Å². The highest BCUT2D eigenvalue weighted by Crippen LogP contribution is 2.42. The molecule has 8 nitrogen and oxygen atoms in total. The van der Waals surface area contributed by atoms with Crippen molar-refractivity contribution in [2.45, 2.75) is 80.3 Å². The fraction of sp³-hybridized carbons (Fsp3) is 0.522. The molecule has 2 aromatic rings. The van der Waals surface area contributed by atoms with Crippen LogP contribution in [0.2, 0.25) is 5.02 Å². The Kier molecular flexibility index (Phi) is 4.94. The van der Waals surface area contributed by atoms with Crippen LogP contribution in [0.25, 0.3) is 0 Å². The Morgan fingerprint density at radius 1 is 1.06 bits per heavy atom. The lowest BCUT2D eigenvalue weighted by Gasteiger charge is -2.38. The van der Waals surface area contributed by atoms with Crippen LogP contribution in [0.1, 0.15) is 71.8 Å². The second-order valence-electron chi connectivity index (χ2n) is 9.69. The maximum absolute atomic E-state index is 13.6. The number of hydrogen-bond acceptors (Lipinski definition) is 6. The van der Waals surface area contributed by atoms with E-state index < -0.39 is 10.0 Å². The minimum absolute atomic E-state index is 0.0728. The van der Waals surface area contributed by atoms with Crippen molar-refractivity contribution in [2.24, 2.45) is 0 Å². The Balaban J connectivity index is 1.19. The lowest BCUT2D eigenvalue weighted by Crippen LogP contribution is -2.52. The second-order valence-corrected chi connectivity index (χ2v) is 11.9. The van der Waals surface area contributed by atoms with Crippen molar-refractivity contribution in [2.75, 3.05) is 0 Å².